The van der Waals surface area contributed by atoms with Gasteiger partial charge in [-0.3, -0.25) is 0 Å². The minimum atomic E-state index is -0.422. The van der Waals surface area contributed by atoms with Gasteiger partial charge < -0.3 is 15.6 Å². The molecule has 0 bridgehead atoms. The van der Waals surface area contributed by atoms with Gasteiger partial charge in [0.15, 0.2) is 0 Å². The number of aliphatic hydroxyl groups excluding tert-OH is 1. The lowest BCUT2D eigenvalue weighted by Crippen LogP contribution is -2.18. The van der Waals surface area contributed by atoms with E-state index in [-0.39, 0.29) is 12.7 Å². The van der Waals surface area contributed by atoms with E-state index in [2.05, 4.69) is 15.9 Å². The van der Waals surface area contributed by atoms with E-state index < -0.39 is 6.04 Å². The summed E-state index contributed by atoms with van der Waals surface area (Å²) in [7, 11) is 0. The van der Waals surface area contributed by atoms with E-state index in [1.54, 1.807) is 0 Å². The Labute approximate surface area is 98.4 Å². The number of benzene rings is 1. The number of hydrogen-bond acceptors (Lipinski definition) is 3. The molecule has 1 aromatic rings. The summed E-state index contributed by atoms with van der Waals surface area (Å²) in [5.74, 6) is 0.723. The normalized spacial score (nSPS) is 12.9. The molecule has 1 unspecified atom stereocenters. The van der Waals surface area contributed by atoms with Gasteiger partial charge in [0.1, 0.15) is 5.75 Å². The van der Waals surface area contributed by atoms with E-state index in [4.69, 9.17) is 15.6 Å². The average molecular weight is 274 g/mol. The molecule has 0 saturated carbocycles. The van der Waals surface area contributed by atoms with Crippen molar-refractivity contribution in [2.75, 3.05) is 6.61 Å². The second-order valence-electron chi connectivity index (χ2n) is 3.61. The second kappa shape index (κ2) is 5.49. The lowest BCUT2D eigenvalue weighted by atomic mass is 10.1. The Morgan fingerprint density at radius 1 is 1.47 bits per heavy atom. The van der Waals surface area contributed by atoms with Crippen LogP contribution in [0.5, 0.6) is 5.75 Å². The maximum atomic E-state index is 9.07. The monoisotopic (exact) mass is 273 g/mol. The first-order valence-corrected chi connectivity index (χ1v) is 5.67. The number of halogens is 1. The van der Waals surface area contributed by atoms with Crippen molar-refractivity contribution in [1.82, 2.24) is 0 Å². The van der Waals surface area contributed by atoms with Crippen LogP contribution in [0.25, 0.3) is 0 Å². The van der Waals surface area contributed by atoms with Crippen LogP contribution in [0.2, 0.25) is 0 Å². The lowest BCUT2D eigenvalue weighted by molar-refractivity contribution is 0.229. The van der Waals surface area contributed by atoms with Crippen LogP contribution in [0.15, 0.2) is 22.7 Å². The zero-order chi connectivity index (χ0) is 11.4. The molecule has 0 aliphatic carbocycles. The smallest absolute Gasteiger partial charge is 0.125 e. The Morgan fingerprint density at radius 3 is 2.67 bits per heavy atom. The Hall–Kier alpha value is -0.580. The van der Waals surface area contributed by atoms with E-state index in [0.717, 1.165) is 15.8 Å². The molecule has 1 aromatic carbocycles. The maximum Gasteiger partial charge on any atom is 0.125 e. The summed E-state index contributed by atoms with van der Waals surface area (Å²) in [6.45, 7) is 3.81. The molecule has 3 nitrogen and oxygen atoms in total. The minimum absolute atomic E-state index is 0.0870. The quantitative estimate of drug-likeness (QED) is 0.885. The van der Waals surface area contributed by atoms with Crippen molar-refractivity contribution in [3.63, 3.8) is 0 Å². The molecule has 3 N–H and O–H groups in total. The van der Waals surface area contributed by atoms with Crippen LogP contribution in [0.3, 0.4) is 0 Å². The fourth-order valence-corrected chi connectivity index (χ4v) is 1.97. The third-order valence-corrected chi connectivity index (χ3v) is 2.63. The van der Waals surface area contributed by atoms with Gasteiger partial charge in [0.2, 0.25) is 0 Å². The zero-order valence-corrected chi connectivity index (χ0v) is 10.5. The summed E-state index contributed by atoms with van der Waals surface area (Å²) in [5, 5.41) is 9.07. The second-order valence-corrected chi connectivity index (χ2v) is 4.46. The van der Waals surface area contributed by atoms with Gasteiger partial charge in [0.05, 0.1) is 18.8 Å². The molecule has 1 atom stereocenters. The summed E-state index contributed by atoms with van der Waals surface area (Å²) in [5.41, 5.74) is 6.63. The van der Waals surface area contributed by atoms with E-state index in [9.17, 15) is 0 Å². The van der Waals surface area contributed by atoms with Crippen LogP contribution in [0.1, 0.15) is 25.5 Å². The van der Waals surface area contributed by atoms with Gasteiger partial charge in [-0.15, -0.1) is 0 Å². The van der Waals surface area contributed by atoms with Crippen molar-refractivity contribution >= 4 is 15.9 Å². The number of aliphatic hydroxyl groups is 1. The highest BCUT2D eigenvalue weighted by Crippen LogP contribution is 2.31. The lowest BCUT2D eigenvalue weighted by Gasteiger charge is -2.18. The summed E-state index contributed by atoms with van der Waals surface area (Å²) >= 11 is 3.41. The molecular weight excluding hydrogens is 258 g/mol. The molecule has 0 spiro atoms. The van der Waals surface area contributed by atoms with E-state index >= 15 is 0 Å². The number of rotatable bonds is 4. The summed E-state index contributed by atoms with van der Waals surface area (Å²) in [4.78, 5) is 0. The zero-order valence-electron chi connectivity index (χ0n) is 8.90. The topological polar surface area (TPSA) is 55.5 Å². The predicted molar refractivity (Wildman–Crippen MR) is 63.9 cm³/mol. The molecule has 1 rings (SSSR count). The van der Waals surface area contributed by atoms with Gasteiger partial charge in [-0.1, -0.05) is 22.0 Å². The summed E-state index contributed by atoms with van der Waals surface area (Å²) in [6, 6.07) is 5.21. The van der Waals surface area contributed by atoms with E-state index in [1.807, 2.05) is 32.0 Å². The summed E-state index contributed by atoms with van der Waals surface area (Å²) < 4.78 is 6.49. The third kappa shape index (κ3) is 3.19. The maximum absolute atomic E-state index is 9.07. The number of hydrogen-bond donors (Lipinski definition) is 2. The van der Waals surface area contributed by atoms with Crippen molar-refractivity contribution < 1.29 is 9.84 Å². The van der Waals surface area contributed by atoms with Crippen molar-refractivity contribution in [3.05, 3.63) is 28.2 Å². The molecule has 0 aromatic heterocycles. The third-order valence-electron chi connectivity index (χ3n) is 1.94. The predicted octanol–water partition coefficient (Wildman–Crippen LogP) is 2.23. The Kier molecular flexibility index (Phi) is 4.57. The Balaban J connectivity index is 3.08. The van der Waals surface area contributed by atoms with Crippen LogP contribution in [0.4, 0.5) is 0 Å². The van der Waals surface area contributed by atoms with Gasteiger partial charge in [0, 0.05) is 10.0 Å². The highest BCUT2D eigenvalue weighted by molar-refractivity contribution is 9.10. The molecule has 0 radical (unpaired) electrons. The van der Waals surface area contributed by atoms with Gasteiger partial charge in [0.25, 0.3) is 0 Å². The largest absolute Gasteiger partial charge is 0.491 e. The Morgan fingerprint density at radius 2 is 2.13 bits per heavy atom. The first-order chi connectivity index (χ1) is 7.06. The minimum Gasteiger partial charge on any atom is -0.491 e. The highest BCUT2D eigenvalue weighted by Gasteiger charge is 2.15. The molecule has 0 amide bonds. The van der Waals surface area contributed by atoms with Gasteiger partial charge in [-0.05, 0) is 26.0 Å². The SMILES string of the molecule is CC(C)Oc1cccc(Br)c1C(N)CO. The molecule has 0 heterocycles. The van der Waals surface area contributed by atoms with Crippen LogP contribution in [-0.2, 0) is 0 Å². The van der Waals surface area contributed by atoms with Crippen LogP contribution in [0, 0.1) is 0 Å². The van der Waals surface area contributed by atoms with Crippen molar-refractivity contribution in [3.8, 4) is 5.75 Å². The van der Waals surface area contributed by atoms with Crippen molar-refractivity contribution in [1.29, 1.82) is 0 Å². The Bertz CT molecular complexity index is 328. The molecule has 0 fully saturated rings. The molecule has 84 valence electrons. The van der Waals surface area contributed by atoms with Crippen LogP contribution < -0.4 is 10.5 Å². The van der Waals surface area contributed by atoms with Crippen LogP contribution >= 0.6 is 15.9 Å². The molecule has 0 saturated heterocycles. The van der Waals surface area contributed by atoms with Crippen LogP contribution in [-0.4, -0.2) is 17.8 Å². The molecule has 15 heavy (non-hydrogen) atoms. The fourth-order valence-electron chi connectivity index (χ4n) is 1.33. The molecular formula is C11H16BrNO2. The first-order valence-electron chi connectivity index (χ1n) is 4.87. The van der Waals surface area contributed by atoms with Gasteiger partial charge in [-0.2, -0.15) is 0 Å². The van der Waals surface area contributed by atoms with Gasteiger partial charge in [-0.25, -0.2) is 0 Å². The number of nitrogens with two attached hydrogens (primary N) is 1. The van der Waals surface area contributed by atoms with Gasteiger partial charge >= 0.3 is 0 Å². The molecule has 4 heteroatoms. The standard InChI is InChI=1S/C11H16BrNO2/c1-7(2)15-10-5-3-4-8(12)11(10)9(13)6-14/h3-5,7,9,14H,6,13H2,1-2H3. The fraction of sp³-hybridized carbons (Fsp3) is 0.455. The first kappa shape index (κ1) is 12.5. The van der Waals surface area contributed by atoms with Crippen molar-refractivity contribution in [2.45, 2.75) is 26.0 Å². The summed E-state index contributed by atoms with van der Waals surface area (Å²) in [6.07, 6.45) is 0.0870. The molecule has 0 aliphatic heterocycles. The molecule has 0 aliphatic rings. The van der Waals surface area contributed by atoms with Crippen molar-refractivity contribution in [2.24, 2.45) is 5.73 Å². The number of ether oxygens (including phenoxy) is 1. The average Bonchev–Trinajstić information content (AvgIpc) is 2.16. The highest BCUT2D eigenvalue weighted by atomic mass is 79.9. The van der Waals surface area contributed by atoms with E-state index in [1.165, 1.54) is 0 Å². The van der Waals surface area contributed by atoms with E-state index in [0.29, 0.717) is 0 Å².